The molecule has 1 aliphatic heterocycles. The number of imide groups is 1. The number of fused-ring (bicyclic) bond motifs is 1. The second kappa shape index (κ2) is 10.4. The van der Waals surface area contributed by atoms with Crippen LogP contribution in [0.5, 0.6) is 11.5 Å². The Bertz CT molecular complexity index is 1200. The van der Waals surface area contributed by atoms with Gasteiger partial charge in [0.15, 0.2) is 16.6 Å². The SMILES string of the molecule is COc1cc2nc(N(CCCN(C)C)C(=O)c3ccc(N4C(=O)CCC4=O)cc3)sc2cc1OC. The highest BCUT2D eigenvalue weighted by Crippen LogP contribution is 2.37. The fraction of sp³-hybridized carbons (Fsp3) is 0.360. The topological polar surface area (TPSA) is 92.3 Å². The van der Waals surface area contributed by atoms with Crippen LogP contribution < -0.4 is 19.3 Å². The highest BCUT2D eigenvalue weighted by Gasteiger charge is 2.30. The zero-order valence-corrected chi connectivity index (χ0v) is 21.1. The maximum atomic E-state index is 13.6. The zero-order valence-electron chi connectivity index (χ0n) is 20.2. The number of nitrogens with zero attached hydrogens (tertiary/aromatic N) is 4. The molecule has 2 heterocycles. The molecule has 0 unspecified atom stereocenters. The van der Waals surface area contributed by atoms with Gasteiger partial charge in [-0.25, -0.2) is 4.98 Å². The van der Waals surface area contributed by atoms with Crippen LogP contribution in [0.2, 0.25) is 0 Å². The van der Waals surface area contributed by atoms with Crippen LogP contribution in [0.1, 0.15) is 29.6 Å². The van der Waals surface area contributed by atoms with Crippen LogP contribution in [0.15, 0.2) is 36.4 Å². The van der Waals surface area contributed by atoms with Gasteiger partial charge in [0.05, 0.1) is 30.1 Å². The van der Waals surface area contributed by atoms with Gasteiger partial charge in [0.25, 0.3) is 5.91 Å². The van der Waals surface area contributed by atoms with Crippen molar-refractivity contribution in [2.24, 2.45) is 0 Å². The van der Waals surface area contributed by atoms with E-state index < -0.39 is 0 Å². The van der Waals surface area contributed by atoms with Gasteiger partial charge in [-0.2, -0.15) is 0 Å². The number of hydrogen-bond acceptors (Lipinski definition) is 8. The molecule has 0 saturated carbocycles. The first kappa shape index (κ1) is 24.6. The Balaban J connectivity index is 1.65. The molecule has 1 aromatic heterocycles. The van der Waals surface area contributed by atoms with Crippen molar-refractivity contribution in [3.63, 3.8) is 0 Å². The quantitative estimate of drug-likeness (QED) is 0.418. The van der Waals surface area contributed by atoms with Crippen molar-refractivity contribution in [2.45, 2.75) is 19.3 Å². The third-order valence-electron chi connectivity index (χ3n) is 5.77. The third kappa shape index (κ3) is 5.13. The average molecular weight is 497 g/mol. The van der Waals surface area contributed by atoms with Gasteiger partial charge in [0.2, 0.25) is 11.8 Å². The van der Waals surface area contributed by atoms with E-state index in [1.54, 1.807) is 49.5 Å². The number of aromatic nitrogens is 1. The lowest BCUT2D eigenvalue weighted by atomic mass is 10.1. The summed E-state index contributed by atoms with van der Waals surface area (Å²) >= 11 is 1.41. The summed E-state index contributed by atoms with van der Waals surface area (Å²) < 4.78 is 11.7. The van der Waals surface area contributed by atoms with Gasteiger partial charge in [0, 0.05) is 37.1 Å². The molecule has 0 N–H and O–H groups in total. The molecular weight excluding hydrogens is 468 g/mol. The number of thiazole rings is 1. The van der Waals surface area contributed by atoms with Gasteiger partial charge in [-0.05, 0) is 51.3 Å². The van der Waals surface area contributed by atoms with E-state index >= 15 is 0 Å². The van der Waals surface area contributed by atoms with E-state index in [0.29, 0.717) is 34.4 Å². The molecule has 9 nitrogen and oxygen atoms in total. The maximum absolute atomic E-state index is 13.6. The fourth-order valence-electron chi connectivity index (χ4n) is 3.96. The second-order valence-electron chi connectivity index (χ2n) is 8.45. The summed E-state index contributed by atoms with van der Waals surface area (Å²) in [6.07, 6.45) is 1.19. The van der Waals surface area contributed by atoms with Gasteiger partial charge in [0.1, 0.15) is 0 Å². The number of amides is 3. The largest absolute Gasteiger partial charge is 0.493 e. The second-order valence-corrected chi connectivity index (χ2v) is 9.46. The highest BCUT2D eigenvalue weighted by molar-refractivity contribution is 7.22. The molecule has 1 saturated heterocycles. The van der Waals surface area contributed by atoms with Crippen molar-refractivity contribution in [1.29, 1.82) is 0 Å². The van der Waals surface area contributed by atoms with E-state index in [4.69, 9.17) is 14.5 Å². The Hall–Kier alpha value is -3.50. The average Bonchev–Trinajstić information content (AvgIpc) is 3.42. The smallest absolute Gasteiger partial charge is 0.260 e. The number of rotatable bonds is 9. The number of benzene rings is 2. The minimum atomic E-state index is -0.222. The first-order valence-electron chi connectivity index (χ1n) is 11.3. The van der Waals surface area contributed by atoms with Crippen LogP contribution in [0.4, 0.5) is 10.8 Å². The molecule has 4 rings (SSSR count). The van der Waals surface area contributed by atoms with Gasteiger partial charge in [-0.15, -0.1) is 0 Å². The first-order chi connectivity index (χ1) is 16.8. The van der Waals surface area contributed by atoms with Gasteiger partial charge < -0.3 is 14.4 Å². The third-order valence-corrected chi connectivity index (χ3v) is 6.81. The minimum absolute atomic E-state index is 0.202. The Morgan fingerprint density at radius 2 is 1.63 bits per heavy atom. The molecule has 0 aliphatic carbocycles. The van der Waals surface area contributed by atoms with E-state index in [-0.39, 0.29) is 30.6 Å². The molecule has 0 spiro atoms. The number of anilines is 2. The van der Waals surface area contributed by atoms with Crippen LogP contribution >= 0.6 is 11.3 Å². The minimum Gasteiger partial charge on any atom is -0.493 e. The van der Waals surface area contributed by atoms with Crippen LogP contribution in [0.3, 0.4) is 0 Å². The Morgan fingerprint density at radius 1 is 1.00 bits per heavy atom. The monoisotopic (exact) mass is 496 g/mol. The van der Waals surface area contributed by atoms with E-state index in [0.717, 1.165) is 23.2 Å². The van der Waals surface area contributed by atoms with E-state index in [2.05, 4.69) is 4.90 Å². The summed E-state index contributed by atoms with van der Waals surface area (Å²) in [6, 6.07) is 10.2. The summed E-state index contributed by atoms with van der Waals surface area (Å²) in [6.45, 7) is 1.30. The van der Waals surface area contributed by atoms with Crippen molar-refractivity contribution >= 4 is 50.1 Å². The van der Waals surface area contributed by atoms with E-state index in [9.17, 15) is 14.4 Å². The molecule has 2 aromatic carbocycles. The highest BCUT2D eigenvalue weighted by atomic mass is 32.1. The van der Waals surface area contributed by atoms with E-state index in [1.165, 1.54) is 16.2 Å². The van der Waals surface area contributed by atoms with Crippen LogP contribution in [-0.4, -0.2) is 69.0 Å². The summed E-state index contributed by atoms with van der Waals surface area (Å²) in [5.74, 6) is 0.526. The van der Waals surface area contributed by atoms with Crippen molar-refractivity contribution in [1.82, 2.24) is 9.88 Å². The van der Waals surface area contributed by atoms with Gasteiger partial charge in [-0.1, -0.05) is 11.3 Å². The lowest BCUT2D eigenvalue weighted by Crippen LogP contribution is -2.33. The van der Waals surface area contributed by atoms with Crippen molar-refractivity contribution in [3.05, 3.63) is 42.0 Å². The summed E-state index contributed by atoms with van der Waals surface area (Å²) in [4.78, 5) is 47.3. The van der Waals surface area contributed by atoms with Crippen molar-refractivity contribution in [3.8, 4) is 11.5 Å². The number of carbonyl (C=O) groups is 3. The molecule has 184 valence electrons. The summed E-state index contributed by atoms with van der Waals surface area (Å²) in [5, 5.41) is 0.577. The van der Waals surface area contributed by atoms with Crippen LogP contribution in [0.25, 0.3) is 10.2 Å². The first-order valence-corrected chi connectivity index (χ1v) is 12.1. The van der Waals surface area contributed by atoms with Gasteiger partial charge >= 0.3 is 0 Å². The summed E-state index contributed by atoms with van der Waals surface area (Å²) in [5.41, 5.74) is 1.65. The van der Waals surface area contributed by atoms with Crippen molar-refractivity contribution in [2.75, 3.05) is 51.2 Å². The van der Waals surface area contributed by atoms with Crippen LogP contribution in [0, 0.1) is 0 Å². The van der Waals surface area contributed by atoms with E-state index in [1.807, 2.05) is 20.2 Å². The normalized spacial score (nSPS) is 13.7. The number of carbonyl (C=O) groups excluding carboxylic acids is 3. The number of ether oxygens (including phenoxy) is 2. The molecular formula is C25H28N4O5S. The maximum Gasteiger partial charge on any atom is 0.260 e. The Morgan fingerprint density at radius 3 is 2.23 bits per heavy atom. The lowest BCUT2D eigenvalue weighted by Gasteiger charge is -2.21. The Labute approximate surface area is 207 Å². The summed E-state index contributed by atoms with van der Waals surface area (Å²) in [7, 11) is 7.13. The molecule has 1 fully saturated rings. The molecule has 0 atom stereocenters. The molecule has 0 bridgehead atoms. The van der Waals surface area contributed by atoms with Gasteiger partial charge in [-0.3, -0.25) is 24.2 Å². The number of hydrogen-bond donors (Lipinski definition) is 0. The molecule has 0 radical (unpaired) electrons. The predicted molar refractivity (Wildman–Crippen MR) is 136 cm³/mol. The molecule has 3 amide bonds. The Kier molecular flexibility index (Phi) is 7.32. The molecule has 3 aromatic rings. The fourth-order valence-corrected chi connectivity index (χ4v) is 4.96. The number of methoxy groups -OCH3 is 2. The lowest BCUT2D eigenvalue weighted by molar-refractivity contribution is -0.121. The standard InChI is InChI=1S/C25H28N4O5S/c1-27(2)12-5-13-28(25-26-18-14-19(33-3)20(34-4)15-21(18)35-25)24(32)16-6-8-17(9-7-16)29-22(30)10-11-23(29)31/h6-9,14-15H,5,10-13H2,1-4H3. The molecule has 10 heteroatoms. The molecule has 1 aliphatic rings. The predicted octanol–water partition coefficient (Wildman–Crippen LogP) is 3.57. The van der Waals surface area contributed by atoms with Crippen LogP contribution in [-0.2, 0) is 9.59 Å². The molecule has 35 heavy (non-hydrogen) atoms. The van der Waals surface area contributed by atoms with Crippen molar-refractivity contribution < 1.29 is 23.9 Å². The zero-order chi connectivity index (χ0) is 25.1.